The molecule has 0 saturated heterocycles. The first-order valence-electron chi connectivity index (χ1n) is 4.49. The Morgan fingerprint density at radius 1 is 1.50 bits per heavy atom. The second-order valence-corrected chi connectivity index (χ2v) is 3.37. The summed E-state index contributed by atoms with van der Waals surface area (Å²) < 4.78 is 0. The minimum Gasteiger partial charge on any atom is -0.361 e. The Morgan fingerprint density at radius 2 is 2.29 bits per heavy atom. The lowest BCUT2D eigenvalue weighted by molar-refractivity contribution is 0.826. The Hall–Kier alpha value is -1.79. The van der Waals surface area contributed by atoms with E-state index in [-0.39, 0.29) is 6.04 Å². The number of fused-ring (bicyclic) bond motifs is 1. The number of hydrogen-bond acceptors (Lipinski definition) is 2. The molecule has 14 heavy (non-hydrogen) atoms. The third kappa shape index (κ3) is 1.17. The first-order valence-corrected chi connectivity index (χ1v) is 4.49. The third-order valence-corrected chi connectivity index (χ3v) is 2.35. The lowest BCUT2D eigenvalue weighted by Crippen LogP contribution is -2.04. The topological polar surface area (TPSA) is 65.6 Å². The summed E-state index contributed by atoms with van der Waals surface area (Å²) in [5.41, 5.74) is 8.46. The van der Waals surface area contributed by atoms with Crippen molar-refractivity contribution < 1.29 is 0 Å². The molecule has 0 saturated carbocycles. The summed E-state index contributed by atoms with van der Waals surface area (Å²) in [6.07, 6.45) is 1.87. The van der Waals surface area contributed by atoms with Crippen molar-refractivity contribution in [2.75, 3.05) is 0 Å². The second-order valence-electron chi connectivity index (χ2n) is 3.37. The van der Waals surface area contributed by atoms with Crippen LogP contribution in [0.1, 0.15) is 24.1 Å². The lowest BCUT2D eigenvalue weighted by atomic mass is 10.0. The molecular formula is C11H11N3. The number of hydrogen-bond donors (Lipinski definition) is 2. The summed E-state index contributed by atoms with van der Waals surface area (Å²) in [5.74, 6) is 0. The summed E-state index contributed by atoms with van der Waals surface area (Å²) >= 11 is 0. The standard InChI is InChI=1S/C11H11N3/c1-7(13)9-6-14-10-4-2-3-8(5-12)11(9)10/h2-4,6-7,14H,13H2,1H3/t7-/m0/s1. The summed E-state index contributed by atoms with van der Waals surface area (Å²) in [7, 11) is 0. The van der Waals surface area contributed by atoms with Gasteiger partial charge in [0.05, 0.1) is 11.6 Å². The Labute approximate surface area is 82.1 Å². The molecule has 0 fully saturated rings. The van der Waals surface area contributed by atoms with Gasteiger partial charge in [-0.2, -0.15) is 5.26 Å². The van der Waals surface area contributed by atoms with E-state index in [4.69, 9.17) is 11.0 Å². The third-order valence-electron chi connectivity index (χ3n) is 2.35. The van der Waals surface area contributed by atoms with E-state index in [9.17, 15) is 0 Å². The van der Waals surface area contributed by atoms with E-state index < -0.39 is 0 Å². The van der Waals surface area contributed by atoms with Crippen LogP contribution in [-0.2, 0) is 0 Å². The number of benzene rings is 1. The molecule has 1 heterocycles. The zero-order chi connectivity index (χ0) is 10.1. The van der Waals surface area contributed by atoms with Crippen molar-refractivity contribution in [3.05, 3.63) is 35.5 Å². The predicted molar refractivity (Wildman–Crippen MR) is 55.6 cm³/mol. The zero-order valence-electron chi connectivity index (χ0n) is 7.91. The molecular weight excluding hydrogens is 174 g/mol. The minimum absolute atomic E-state index is 0.0572. The number of rotatable bonds is 1. The van der Waals surface area contributed by atoms with Crippen LogP contribution in [0.2, 0.25) is 0 Å². The molecule has 3 N–H and O–H groups in total. The molecule has 2 rings (SSSR count). The first kappa shape index (κ1) is 8.79. The smallest absolute Gasteiger partial charge is 0.0998 e. The molecule has 0 aliphatic carbocycles. The van der Waals surface area contributed by atoms with Gasteiger partial charge in [0.1, 0.15) is 0 Å². The van der Waals surface area contributed by atoms with Crippen molar-refractivity contribution in [2.24, 2.45) is 5.73 Å². The second kappa shape index (κ2) is 3.17. The lowest BCUT2D eigenvalue weighted by Gasteiger charge is -2.03. The van der Waals surface area contributed by atoms with Crippen LogP contribution in [0, 0.1) is 11.3 Å². The molecule has 70 valence electrons. The molecule has 0 amide bonds. The van der Waals surface area contributed by atoms with Crippen LogP contribution in [0.15, 0.2) is 24.4 Å². The summed E-state index contributed by atoms with van der Waals surface area (Å²) in [4.78, 5) is 3.11. The van der Waals surface area contributed by atoms with Crippen molar-refractivity contribution >= 4 is 10.9 Å². The van der Waals surface area contributed by atoms with Crippen LogP contribution >= 0.6 is 0 Å². The Kier molecular flexibility index (Phi) is 1.99. The highest BCUT2D eigenvalue weighted by molar-refractivity contribution is 5.89. The molecule has 2 aromatic rings. The van der Waals surface area contributed by atoms with E-state index in [2.05, 4.69) is 11.1 Å². The fraction of sp³-hybridized carbons (Fsp3) is 0.182. The highest BCUT2D eigenvalue weighted by atomic mass is 14.7. The molecule has 0 aliphatic heterocycles. The number of nitrogens with zero attached hydrogens (tertiary/aromatic N) is 1. The highest BCUT2D eigenvalue weighted by Crippen LogP contribution is 2.25. The van der Waals surface area contributed by atoms with Crippen LogP contribution in [-0.4, -0.2) is 4.98 Å². The number of nitriles is 1. The van der Waals surface area contributed by atoms with E-state index in [1.807, 2.05) is 31.3 Å². The van der Waals surface area contributed by atoms with E-state index >= 15 is 0 Å². The summed E-state index contributed by atoms with van der Waals surface area (Å²) in [5, 5.41) is 9.90. The van der Waals surface area contributed by atoms with Gasteiger partial charge in [0.25, 0.3) is 0 Å². The molecule has 3 nitrogen and oxygen atoms in total. The van der Waals surface area contributed by atoms with Crippen LogP contribution in [0.3, 0.4) is 0 Å². The van der Waals surface area contributed by atoms with Gasteiger partial charge in [0.15, 0.2) is 0 Å². The number of aromatic nitrogens is 1. The number of aromatic amines is 1. The van der Waals surface area contributed by atoms with Gasteiger partial charge in [0.2, 0.25) is 0 Å². The predicted octanol–water partition coefficient (Wildman–Crippen LogP) is 2.06. The van der Waals surface area contributed by atoms with Crippen LogP contribution < -0.4 is 5.73 Å². The molecule has 1 aromatic carbocycles. The van der Waals surface area contributed by atoms with Crippen LogP contribution in [0.4, 0.5) is 0 Å². The highest BCUT2D eigenvalue weighted by Gasteiger charge is 2.10. The van der Waals surface area contributed by atoms with E-state index in [1.54, 1.807) is 0 Å². The van der Waals surface area contributed by atoms with Gasteiger partial charge in [-0.05, 0) is 24.6 Å². The Morgan fingerprint density at radius 3 is 2.93 bits per heavy atom. The van der Waals surface area contributed by atoms with Crippen LogP contribution in [0.5, 0.6) is 0 Å². The van der Waals surface area contributed by atoms with Gasteiger partial charge in [-0.3, -0.25) is 0 Å². The fourth-order valence-electron chi connectivity index (χ4n) is 1.66. The van der Waals surface area contributed by atoms with Crippen LogP contribution in [0.25, 0.3) is 10.9 Å². The van der Waals surface area contributed by atoms with E-state index in [0.717, 1.165) is 16.5 Å². The van der Waals surface area contributed by atoms with E-state index in [0.29, 0.717) is 5.56 Å². The molecule has 0 aliphatic rings. The maximum atomic E-state index is 8.96. The molecule has 1 aromatic heterocycles. The molecule has 0 radical (unpaired) electrons. The molecule has 0 bridgehead atoms. The summed E-state index contributed by atoms with van der Waals surface area (Å²) in [6.45, 7) is 1.91. The van der Waals surface area contributed by atoms with Crippen molar-refractivity contribution in [1.29, 1.82) is 5.26 Å². The average Bonchev–Trinajstić information content (AvgIpc) is 2.60. The average molecular weight is 185 g/mol. The largest absolute Gasteiger partial charge is 0.361 e. The summed E-state index contributed by atoms with van der Waals surface area (Å²) in [6, 6.07) is 7.74. The Bertz CT molecular complexity index is 503. The van der Waals surface area contributed by atoms with Gasteiger partial charge >= 0.3 is 0 Å². The molecule has 0 unspecified atom stereocenters. The van der Waals surface area contributed by atoms with Crippen molar-refractivity contribution in [1.82, 2.24) is 4.98 Å². The van der Waals surface area contributed by atoms with Gasteiger partial charge in [-0.1, -0.05) is 6.07 Å². The number of nitrogens with two attached hydrogens (primary N) is 1. The van der Waals surface area contributed by atoms with Gasteiger partial charge in [-0.15, -0.1) is 0 Å². The number of nitrogens with one attached hydrogen (secondary N) is 1. The van der Waals surface area contributed by atoms with Gasteiger partial charge in [-0.25, -0.2) is 0 Å². The van der Waals surface area contributed by atoms with Crippen molar-refractivity contribution in [3.8, 4) is 6.07 Å². The first-order chi connectivity index (χ1) is 6.74. The molecule has 3 heteroatoms. The molecule has 0 spiro atoms. The Balaban J connectivity index is 2.83. The maximum Gasteiger partial charge on any atom is 0.0998 e. The minimum atomic E-state index is -0.0572. The quantitative estimate of drug-likeness (QED) is 0.714. The number of H-pyrrole nitrogens is 1. The monoisotopic (exact) mass is 185 g/mol. The van der Waals surface area contributed by atoms with E-state index in [1.165, 1.54) is 0 Å². The maximum absolute atomic E-state index is 8.96. The van der Waals surface area contributed by atoms with Gasteiger partial charge in [0, 0.05) is 23.1 Å². The van der Waals surface area contributed by atoms with Crippen molar-refractivity contribution in [3.63, 3.8) is 0 Å². The van der Waals surface area contributed by atoms with Crippen molar-refractivity contribution in [2.45, 2.75) is 13.0 Å². The SMILES string of the molecule is C[C@H](N)c1c[nH]c2cccc(C#N)c12. The normalized spacial score (nSPS) is 12.6. The zero-order valence-corrected chi connectivity index (χ0v) is 7.91. The molecule has 1 atom stereocenters. The van der Waals surface area contributed by atoms with Gasteiger partial charge < -0.3 is 10.7 Å². The fourth-order valence-corrected chi connectivity index (χ4v) is 1.66.